The van der Waals surface area contributed by atoms with Crippen LogP contribution in [0.5, 0.6) is 5.75 Å². The Labute approximate surface area is 134 Å². The zero-order valence-electron chi connectivity index (χ0n) is 13.5. The van der Waals surface area contributed by atoms with E-state index in [1.165, 1.54) is 13.2 Å². The largest absolute Gasteiger partial charge is 0.497 e. The zero-order chi connectivity index (χ0) is 16.8. The second-order valence-electron chi connectivity index (χ2n) is 5.38. The quantitative estimate of drug-likeness (QED) is 0.626. The molecule has 23 heavy (non-hydrogen) atoms. The van der Waals surface area contributed by atoms with Crippen molar-refractivity contribution in [2.45, 2.75) is 26.4 Å². The Balaban J connectivity index is 2.05. The lowest BCUT2D eigenvalue weighted by atomic mass is 10.1. The Kier molecular flexibility index (Phi) is 5.76. The lowest BCUT2D eigenvalue weighted by Gasteiger charge is -2.08. The first kappa shape index (κ1) is 17.0. The van der Waals surface area contributed by atoms with E-state index in [-0.39, 0.29) is 11.7 Å². The van der Waals surface area contributed by atoms with Gasteiger partial charge in [-0.2, -0.15) is 0 Å². The first-order valence-electron chi connectivity index (χ1n) is 7.53. The van der Waals surface area contributed by atoms with Crippen LogP contribution in [0.2, 0.25) is 0 Å². The summed E-state index contributed by atoms with van der Waals surface area (Å²) in [6, 6.07) is 6.62. The summed E-state index contributed by atoms with van der Waals surface area (Å²) >= 11 is 0. The molecule has 0 atom stereocenters. The summed E-state index contributed by atoms with van der Waals surface area (Å²) in [7, 11) is 1.53. The minimum Gasteiger partial charge on any atom is -0.497 e. The van der Waals surface area contributed by atoms with Crippen LogP contribution in [0, 0.1) is 0 Å². The highest BCUT2D eigenvalue weighted by Gasteiger charge is 2.13. The van der Waals surface area contributed by atoms with Crippen molar-refractivity contribution < 1.29 is 18.7 Å². The highest BCUT2D eigenvalue weighted by molar-refractivity contribution is 5.96. The first-order chi connectivity index (χ1) is 11.0. The van der Waals surface area contributed by atoms with Crippen molar-refractivity contribution in [2.24, 2.45) is 0 Å². The number of ether oxygens (including phenoxy) is 2. The smallest absolute Gasteiger partial charge is 0.349 e. The van der Waals surface area contributed by atoms with Crippen LogP contribution in [0.3, 0.4) is 0 Å². The van der Waals surface area contributed by atoms with E-state index >= 15 is 0 Å². The fourth-order valence-corrected chi connectivity index (χ4v) is 2.07. The fraction of sp³-hybridized carbons (Fsp3) is 0.412. The third-order valence-corrected chi connectivity index (χ3v) is 3.25. The summed E-state index contributed by atoms with van der Waals surface area (Å²) in [5.41, 5.74) is -0.287. The molecule has 0 aliphatic carbocycles. The van der Waals surface area contributed by atoms with E-state index in [0.717, 1.165) is 0 Å². The van der Waals surface area contributed by atoms with Gasteiger partial charge < -0.3 is 19.2 Å². The molecule has 2 aromatic rings. The highest BCUT2D eigenvalue weighted by Crippen LogP contribution is 2.20. The Morgan fingerprint density at radius 1 is 1.30 bits per heavy atom. The van der Waals surface area contributed by atoms with Crippen molar-refractivity contribution in [3.05, 3.63) is 40.2 Å². The molecule has 1 N–H and O–H groups in total. The predicted octanol–water partition coefficient (Wildman–Crippen LogP) is 2.35. The monoisotopic (exact) mass is 319 g/mol. The fourth-order valence-electron chi connectivity index (χ4n) is 2.07. The molecule has 0 saturated carbocycles. The van der Waals surface area contributed by atoms with E-state index in [0.29, 0.717) is 36.3 Å². The van der Waals surface area contributed by atoms with Crippen molar-refractivity contribution in [3.63, 3.8) is 0 Å². The summed E-state index contributed by atoms with van der Waals surface area (Å²) < 4.78 is 15.7. The van der Waals surface area contributed by atoms with Gasteiger partial charge in [-0.25, -0.2) is 4.79 Å². The molecule has 1 heterocycles. The standard InChI is InChI=1S/C17H21NO5/c1-11(2)22-8-4-7-18-16(19)14-9-12-5-6-13(21-3)10-15(12)23-17(14)20/h5-6,9-11H,4,7-8H2,1-3H3,(H,18,19). The van der Waals surface area contributed by atoms with Gasteiger partial charge in [-0.3, -0.25) is 4.79 Å². The summed E-state index contributed by atoms with van der Waals surface area (Å²) in [5.74, 6) is 0.143. The molecule has 124 valence electrons. The van der Waals surface area contributed by atoms with Crippen LogP contribution in [-0.4, -0.2) is 32.3 Å². The number of hydrogen-bond acceptors (Lipinski definition) is 5. The Hall–Kier alpha value is -2.34. The molecule has 0 unspecified atom stereocenters. The number of rotatable bonds is 7. The van der Waals surface area contributed by atoms with E-state index in [1.807, 2.05) is 13.8 Å². The van der Waals surface area contributed by atoms with Gasteiger partial charge in [0.15, 0.2) is 0 Å². The Bertz CT molecular complexity index is 735. The number of fused-ring (bicyclic) bond motifs is 1. The molecule has 1 amide bonds. The van der Waals surface area contributed by atoms with Crippen LogP contribution in [0.1, 0.15) is 30.6 Å². The van der Waals surface area contributed by atoms with Crippen LogP contribution < -0.4 is 15.7 Å². The summed E-state index contributed by atoms with van der Waals surface area (Å²) in [4.78, 5) is 24.1. The lowest BCUT2D eigenvalue weighted by molar-refractivity contribution is 0.0757. The van der Waals surface area contributed by atoms with Gasteiger partial charge in [0.25, 0.3) is 5.91 Å². The summed E-state index contributed by atoms with van der Waals surface area (Å²) in [6.07, 6.45) is 0.843. The number of benzene rings is 1. The van der Waals surface area contributed by atoms with E-state index < -0.39 is 11.5 Å². The van der Waals surface area contributed by atoms with Gasteiger partial charge in [0.05, 0.1) is 13.2 Å². The van der Waals surface area contributed by atoms with Gasteiger partial charge in [0.2, 0.25) is 0 Å². The van der Waals surface area contributed by atoms with Crippen molar-refractivity contribution in [1.29, 1.82) is 0 Å². The minimum atomic E-state index is -0.665. The van der Waals surface area contributed by atoms with Gasteiger partial charge in [-0.1, -0.05) is 0 Å². The normalized spacial score (nSPS) is 11.0. The third kappa shape index (κ3) is 4.56. The van der Waals surface area contributed by atoms with Gasteiger partial charge in [0.1, 0.15) is 16.9 Å². The molecule has 0 radical (unpaired) electrons. The van der Waals surface area contributed by atoms with Crippen LogP contribution in [-0.2, 0) is 4.74 Å². The molecule has 1 aromatic heterocycles. The van der Waals surface area contributed by atoms with Crippen molar-refractivity contribution in [2.75, 3.05) is 20.3 Å². The van der Waals surface area contributed by atoms with Crippen molar-refractivity contribution >= 4 is 16.9 Å². The maximum Gasteiger partial charge on any atom is 0.349 e. The van der Waals surface area contributed by atoms with Crippen LogP contribution in [0.15, 0.2) is 33.5 Å². The SMILES string of the molecule is COc1ccc2cc(C(=O)NCCCOC(C)C)c(=O)oc2c1. The molecular weight excluding hydrogens is 298 g/mol. The summed E-state index contributed by atoms with van der Waals surface area (Å²) in [6.45, 7) is 4.90. The number of methoxy groups -OCH3 is 1. The molecule has 0 spiro atoms. The highest BCUT2D eigenvalue weighted by atomic mass is 16.5. The maximum atomic E-state index is 12.1. The van der Waals surface area contributed by atoms with E-state index in [1.54, 1.807) is 18.2 Å². The number of nitrogens with one attached hydrogen (secondary N) is 1. The first-order valence-corrected chi connectivity index (χ1v) is 7.53. The number of carbonyl (C=O) groups is 1. The van der Waals surface area contributed by atoms with Gasteiger partial charge >= 0.3 is 5.63 Å². The van der Waals surface area contributed by atoms with Gasteiger partial charge in [0, 0.05) is 24.6 Å². The number of amides is 1. The molecule has 1 aromatic carbocycles. The van der Waals surface area contributed by atoms with Crippen LogP contribution in [0.4, 0.5) is 0 Å². The van der Waals surface area contributed by atoms with E-state index in [9.17, 15) is 9.59 Å². The number of hydrogen-bond donors (Lipinski definition) is 1. The lowest BCUT2D eigenvalue weighted by Crippen LogP contribution is -2.29. The average Bonchev–Trinajstić information content (AvgIpc) is 2.52. The summed E-state index contributed by atoms with van der Waals surface area (Å²) in [5, 5.41) is 3.36. The molecule has 6 heteroatoms. The van der Waals surface area contributed by atoms with Crippen molar-refractivity contribution in [3.8, 4) is 5.75 Å². The molecule has 0 aliphatic heterocycles. The number of carbonyl (C=O) groups excluding carboxylic acids is 1. The van der Waals surface area contributed by atoms with Gasteiger partial charge in [-0.15, -0.1) is 0 Å². The minimum absolute atomic E-state index is 0.00700. The molecule has 6 nitrogen and oxygen atoms in total. The average molecular weight is 319 g/mol. The Morgan fingerprint density at radius 2 is 2.09 bits per heavy atom. The molecular formula is C17H21NO5. The zero-order valence-corrected chi connectivity index (χ0v) is 13.5. The van der Waals surface area contributed by atoms with E-state index in [4.69, 9.17) is 13.9 Å². The third-order valence-electron chi connectivity index (χ3n) is 3.25. The second-order valence-corrected chi connectivity index (χ2v) is 5.38. The molecule has 0 fully saturated rings. The molecule has 0 bridgehead atoms. The second kappa shape index (κ2) is 7.78. The topological polar surface area (TPSA) is 77.8 Å². The Morgan fingerprint density at radius 3 is 2.78 bits per heavy atom. The van der Waals surface area contributed by atoms with E-state index in [2.05, 4.69) is 5.32 Å². The maximum absolute atomic E-state index is 12.1. The molecule has 2 rings (SSSR count). The molecule has 0 saturated heterocycles. The molecule has 0 aliphatic rings. The van der Waals surface area contributed by atoms with Crippen LogP contribution >= 0.6 is 0 Å². The van der Waals surface area contributed by atoms with Gasteiger partial charge in [-0.05, 0) is 38.5 Å². The van der Waals surface area contributed by atoms with Crippen molar-refractivity contribution in [1.82, 2.24) is 5.32 Å². The predicted molar refractivity (Wildman–Crippen MR) is 87.1 cm³/mol. The van der Waals surface area contributed by atoms with Crippen LogP contribution in [0.25, 0.3) is 11.0 Å².